The molecule has 0 spiro atoms. The van der Waals surface area contributed by atoms with Gasteiger partial charge >= 0.3 is 6.03 Å². The quantitative estimate of drug-likeness (QED) is 0.841. The Morgan fingerprint density at radius 2 is 2.10 bits per heavy atom. The number of piperidine rings is 1. The fourth-order valence-corrected chi connectivity index (χ4v) is 3.38. The number of nitrogens with one attached hydrogen (secondary N) is 1. The maximum Gasteiger partial charge on any atom is 0.317 e. The van der Waals surface area contributed by atoms with Gasteiger partial charge in [-0.05, 0) is 44.7 Å². The molecule has 4 nitrogen and oxygen atoms in total. The lowest BCUT2D eigenvalue weighted by molar-refractivity contribution is 0.141. The second kappa shape index (κ2) is 7.87. The number of nitrogens with zero attached hydrogens (tertiary/aromatic N) is 2. The minimum Gasteiger partial charge on any atom is -0.336 e. The van der Waals surface area contributed by atoms with Crippen LogP contribution in [0, 0.1) is 5.92 Å². The summed E-state index contributed by atoms with van der Waals surface area (Å²) in [7, 11) is 0. The van der Waals surface area contributed by atoms with Crippen LogP contribution in [0.25, 0.3) is 0 Å². The maximum absolute atomic E-state index is 12.2. The van der Waals surface area contributed by atoms with Crippen molar-refractivity contribution in [2.75, 3.05) is 32.7 Å². The first-order valence-electron chi connectivity index (χ1n) is 8.47. The summed E-state index contributed by atoms with van der Waals surface area (Å²) in [5, 5.41) is 3.17. The number of likely N-dealkylation sites (tertiary alicyclic amines) is 2. The minimum absolute atomic E-state index is 0.148. The van der Waals surface area contributed by atoms with Crippen LogP contribution in [-0.2, 0) is 0 Å². The van der Waals surface area contributed by atoms with Crippen LogP contribution >= 0.6 is 0 Å². The molecule has 0 bridgehead atoms. The highest BCUT2D eigenvalue weighted by molar-refractivity contribution is 5.74. The first-order chi connectivity index (χ1) is 9.70. The van der Waals surface area contributed by atoms with Crippen LogP contribution in [0.4, 0.5) is 4.79 Å². The van der Waals surface area contributed by atoms with Crippen molar-refractivity contribution in [3.8, 4) is 0 Å². The highest BCUT2D eigenvalue weighted by Crippen LogP contribution is 2.18. The van der Waals surface area contributed by atoms with Crippen LogP contribution in [0.1, 0.15) is 52.4 Å². The van der Waals surface area contributed by atoms with Gasteiger partial charge in [-0.15, -0.1) is 0 Å². The van der Waals surface area contributed by atoms with E-state index in [1.54, 1.807) is 0 Å². The number of urea groups is 1. The van der Waals surface area contributed by atoms with Gasteiger partial charge < -0.3 is 10.2 Å². The lowest BCUT2D eigenvalue weighted by atomic mass is 10.0. The number of carbonyl (C=O) groups excluding carboxylic acids is 1. The zero-order chi connectivity index (χ0) is 14.4. The van der Waals surface area contributed by atoms with E-state index in [1.165, 1.54) is 45.2 Å². The van der Waals surface area contributed by atoms with Crippen LogP contribution < -0.4 is 5.32 Å². The molecule has 2 aliphatic heterocycles. The van der Waals surface area contributed by atoms with Crippen molar-refractivity contribution in [1.29, 1.82) is 0 Å². The number of rotatable bonds is 5. The van der Waals surface area contributed by atoms with Crippen LogP contribution in [0.15, 0.2) is 0 Å². The highest BCUT2D eigenvalue weighted by atomic mass is 16.2. The molecule has 0 saturated carbocycles. The lowest BCUT2D eigenvalue weighted by Gasteiger charge is -2.36. The number of hydrogen-bond donors (Lipinski definition) is 1. The number of carbonyl (C=O) groups is 1. The molecule has 116 valence electrons. The summed E-state index contributed by atoms with van der Waals surface area (Å²) in [6, 6.07) is 0.703. The van der Waals surface area contributed by atoms with Crippen molar-refractivity contribution in [3.05, 3.63) is 0 Å². The molecule has 20 heavy (non-hydrogen) atoms. The summed E-state index contributed by atoms with van der Waals surface area (Å²) in [5.41, 5.74) is 0. The molecule has 0 aromatic carbocycles. The third-order valence-corrected chi connectivity index (χ3v) is 4.75. The maximum atomic E-state index is 12.2. The van der Waals surface area contributed by atoms with Gasteiger partial charge in [0.15, 0.2) is 0 Å². The molecule has 0 radical (unpaired) electrons. The molecule has 1 N–H and O–H groups in total. The van der Waals surface area contributed by atoms with Crippen LogP contribution in [0.2, 0.25) is 0 Å². The first-order valence-corrected chi connectivity index (χ1v) is 8.47. The molecule has 2 aliphatic rings. The van der Waals surface area contributed by atoms with Gasteiger partial charge in [-0.1, -0.05) is 26.7 Å². The summed E-state index contributed by atoms with van der Waals surface area (Å²) in [4.78, 5) is 16.7. The molecular formula is C16H31N3O. The SMILES string of the molecule is CCCCN1CCCCC1CNC(=O)N1CCC(C)C1. The van der Waals surface area contributed by atoms with Gasteiger partial charge in [0.2, 0.25) is 0 Å². The Morgan fingerprint density at radius 3 is 2.80 bits per heavy atom. The number of unbranched alkanes of at least 4 members (excludes halogenated alkanes) is 1. The second-order valence-electron chi connectivity index (χ2n) is 6.57. The van der Waals surface area contributed by atoms with Gasteiger partial charge in [0.1, 0.15) is 0 Å². The third kappa shape index (κ3) is 4.37. The zero-order valence-electron chi connectivity index (χ0n) is 13.2. The van der Waals surface area contributed by atoms with E-state index in [0.29, 0.717) is 12.0 Å². The van der Waals surface area contributed by atoms with E-state index in [0.717, 1.165) is 26.1 Å². The van der Waals surface area contributed by atoms with E-state index in [4.69, 9.17) is 0 Å². The summed E-state index contributed by atoms with van der Waals surface area (Å²) >= 11 is 0. The molecule has 2 rings (SSSR count). The van der Waals surface area contributed by atoms with Crippen molar-refractivity contribution < 1.29 is 4.79 Å². The summed E-state index contributed by atoms with van der Waals surface area (Å²) < 4.78 is 0. The van der Waals surface area contributed by atoms with E-state index in [2.05, 4.69) is 24.1 Å². The predicted molar refractivity (Wildman–Crippen MR) is 82.9 cm³/mol. The Labute approximate surface area is 123 Å². The molecule has 0 aliphatic carbocycles. The van der Waals surface area contributed by atoms with Crippen LogP contribution in [0.5, 0.6) is 0 Å². The van der Waals surface area contributed by atoms with E-state index in [1.807, 2.05) is 4.90 Å². The number of hydrogen-bond acceptors (Lipinski definition) is 2. The molecule has 0 aromatic rings. The average Bonchev–Trinajstić information content (AvgIpc) is 2.90. The molecular weight excluding hydrogens is 250 g/mol. The van der Waals surface area contributed by atoms with Crippen molar-refractivity contribution in [2.45, 2.75) is 58.4 Å². The van der Waals surface area contributed by atoms with Gasteiger partial charge in [-0.2, -0.15) is 0 Å². The standard InChI is InChI=1S/C16H31N3O/c1-3-4-9-18-10-6-5-7-15(18)12-17-16(20)19-11-8-14(2)13-19/h14-15H,3-13H2,1-2H3,(H,17,20). The zero-order valence-corrected chi connectivity index (χ0v) is 13.2. The van der Waals surface area contributed by atoms with Gasteiger partial charge in [0.05, 0.1) is 0 Å². The van der Waals surface area contributed by atoms with Gasteiger partial charge in [0.25, 0.3) is 0 Å². The Hall–Kier alpha value is -0.770. The Bertz CT molecular complexity index is 308. The monoisotopic (exact) mass is 281 g/mol. The van der Waals surface area contributed by atoms with E-state index >= 15 is 0 Å². The fourth-order valence-electron chi connectivity index (χ4n) is 3.38. The number of amides is 2. The highest BCUT2D eigenvalue weighted by Gasteiger charge is 2.26. The van der Waals surface area contributed by atoms with Crippen molar-refractivity contribution in [3.63, 3.8) is 0 Å². The summed E-state index contributed by atoms with van der Waals surface area (Å²) in [6.07, 6.45) is 7.54. The lowest BCUT2D eigenvalue weighted by Crippen LogP contribution is -2.49. The molecule has 2 amide bonds. The largest absolute Gasteiger partial charge is 0.336 e. The predicted octanol–water partition coefficient (Wildman–Crippen LogP) is 2.69. The van der Waals surface area contributed by atoms with E-state index in [9.17, 15) is 4.79 Å². The van der Waals surface area contributed by atoms with Gasteiger partial charge in [-0.3, -0.25) is 4.90 Å². The normalized spacial score (nSPS) is 27.8. The van der Waals surface area contributed by atoms with Gasteiger partial charge in [-0.25, -0.2) is 4.79 Å². The smallest absolute Gasteiger partial charge is 0.317 e. The summed E-state index contributed by atoms with van der Waals surface area (Å²) in [5.74, 6) is 0.663. The first kappa shape index (κ1) is 15.6. The molecule has 2 atom stereocenters. The fraction of sp³-hybridized carbons (Fsp3) is 0.938. The second-order valence-corrected chi connectivity index (χ2v) is 6.57. The van der Waals surface area contributed by atoms with E-state index < -0.39 is 0 Å². The summed E-state index contributed by atoms with van der Waals surface area (Å²) in [6.45, 7) is 9.55. The average molecular weight is 281 g/mol. The molecule has 2 fully saturated rings. The van der Waals surface area contributed by atoms with Crippen LogP contribution in [-0.4, -0.2) is 54.6 Å². The van der Waals surface area contributed by atoms with E-state index in [-0.39, 0.29) is 6.03 Å². The van der Waals surface area contributed by atoms with Crippen molar-refractivity contribution in [1.82, 2.24) is 15.1 Å². The minimum atomic E-state index is 0.148. The Balaban J connectivity index is 1.74. The molecule has 2 heterocycles. The van der Waals surface area contributed by atoms with Crippen LogP contribution in [0.3, 0.4) is 0 Å². The molecule has 2 saturated heterocycles. The van der Waals surface area contributed by atoms with Crippen molar-refractivity contribution >= 4 is 6.03 Å². The third-order valence-electron chi connectivity index (χ3n) is 4.75. The molecule has 0 aromatic heterocycles. The molecule has 2 unspecified atom stereocenters. The Kier molecular flexibility index (Phi) is 6.14. The Morgan fingerprint density at radius 1 is 1.25 bits per heavy atom. The topological polar surface area (TPSA) is 35.6 Å². The van der Waals surface area contributed by atoms with Gasteiger partial charge in [0, 0.05) is 25.7 Å². The molecule has 4 heteroatoms. The van der Waals surface area contributed by atoms with Crippen molar-refractivity contribution in [2.24, 2.45) is 5.92 Å².